The number of piperazine rings is 1. The van der Waals surface area contributed by atoms with E-state index in [1.54, 1.807) is 35.4 Å². The first-order valence-electron chi connectivity index (χ1n) is 14.5. The first kappa shape index (κ1) is 30.6. The lowest BCUT2D eigenvalue weighted by Crippen LogP contribution is -2.62. The minimum Gasteiger partial charge on any atom is -0.352 e. The van der Waals surface area contributed by atoms with Crippen molar-refractivity contribution in [3.05, 3.63) is 110 Å². The minimum absolute atomic E-state index is 0.196. The number of carbonyl (C=O) groups is 2. The summed E-state index contributed by atoms with van der Waals surface area (Å²) in [5, 5.41) is 7.28. The highest BCUT2D eigenvalue weighted by Gasteiger charge is 2.40. The molecule has 228 valence electrons. The third kappa shape index (κ3) is 6.63. The van der Waals surface area contributed by atoms with Crippen LogP contribution in [0, 0.1) is 6.92 Å². The van der Waals surface area contributed by atoms with Gasteiger partial charge in [-0.1, -0.05) is 29.3 Å². The van der Waals surface area contributed by atoms with Crippen LogP contribution in [0.3, 0.4) is 0 Å². The highest BCUT2D eigenvalue weighted by atomic mass is 79.9. The number of nitrogens with one attached hydrogen (secondary N) is 2. The molecule has 0 spiro atoms. The lowest BCUT2D eigenvalue weighted by atomic mass is 9.95. The Morgan fingerprint density at radius 2 is 1.77 bits per heavy atom. The van der Waals surface area contributed by atoms with Gasteiger partial charge in [-0.3, -0.25) is 14.7 Å². The van der Waals surface area contributed by atoms with E-state index in [9.17, 15) is 9.59 Å². The molecule has 2 aliphatic rings. The molecule has 3 amide bonds. The first-order valence-corrected chi connectivity index (χ1v) is 16.1. The summed E-state index contributed by atoms with van der Waals surface area (Å²) >= 11 is 16.1. The molecule has 2 aromatic heterocycles. The fourth-order valence-electron chi connectivity index (χ4n) is 6.07. The number of imidazole rings is 1. The number of pyridine rings is 1. The number of nitrogens with zero attached hydrogens (tertiary/aromatic N) is 5. The van der Waals surface area contributed by atoms with Crippen LogP contribution in [0.2, 0.25) is 10.0 Å². The van der Waals surface area contributed by atoms with Crippen molar-refractivity contribution in [1.82, 2.24) is 29.7 Å². The van der Waals surface area contributed by atoms with Crippen LogP contribution >= 0.6 is 39.1 Å². The zero-order valence-electron chi connectivity index (χ0n) is 24.1. The maximum atomic E-state index is 13.9. The van der Waals surface area contributed by atoms with Gasteiger partial charge in [0.2, 0.25) is 5.91 Å². The zero-order valence-corrected chi connectivity index (χ0v) is 27.2. The van der Waals surface area contributed by atoms with Gasteiger partial charge in [0.15, 0.2) is 0 Å². The van der Waals surface area contributed by atoms with Gasteiger partial charge in [0.05, 0.1) is 11.7 Å². The third-order valence-corrected chi connectivity index (χ3v) is 9.22. The summed E-state index contributed by atoms with van der Waals surface area (Å²) in [6.07, 6.45) is 7.10. The molecule has 6 rings (SSSR count). The number of fused-ring (bicyclic) bond motifs is 2. The van der Waals surface area contributed by atoms with E-state index in [1.807, 2.05) is 36.0 Å². The quantitative estimate of drug-likeness (QED) is 0.263. The van der Waals surface area contributed by atoms with Gasteiger partial charge < -0.3 is 20.1 Å². The Balaban J connectivity index is 1.30. The predicted octanol–water partition coefficient (Wildman–Crippen LogP) is 5.88. The van der Waals surface area contributed by atoms with Crippen molar-refractivity contribution < 1.29 is 9.59 Å². The highest BCUT2D eigenvalue weighted by Crippen LogP contribution is 2.38. The SMILES string of the molecule is Cc1nccn1CCNC(=O)[C@H]1CN(C2c3ccc(Cl)cc3CCc3cc(Br)cnc32)CCN1C(=O)Nc1ccc(Cl)cc1. The average Bonchev–Trinajstić information content (AvgIpc) is 3.35. The molecule has 0 saturated carbocycles. The molecule has 2 aromatic carbocycles. The number of halogens is 3. The molecule has 3 heterocycles. The molecule has 9 nitrogen and oxygen atoms in total. The Kier molecular flexibility index (Phi) is 9.23. The molecule has 1 unspecified atom stereocenters. The summed E-state index contributed by atoms with van der Waals surface area (Å²) in [6.45, 7) is 4.13. The molecule has 44 heavy (non-hydrogen) atoms. The van der Waals surface area contributed by atoms with E-state index in [4.69, 9.17) is 28.2 Å². The second-order valence-corrected chi connectivity index (χ2v) is 12.8. The van der Waals surface area contributed by atoms with Crippen molar-refractivity contribution in [3.63, 3.8) is 0 Å². The van der Waals surface area contributed by atoms with Crippen molar-refractivity contribution >= 4 is 56.8 Å². The van der Waals surface area contributed by atoms with Crippen LogP contribution in [-0.2, 0) is 24.2 Å². The molecule has 4 aromatic rings. The summed E-state index contributed by atoms with van der Waals surface area (Å²) in [5.74, 6) is 0.657. The lowest BCUT2D eigenvalue weighted by Gasteiger charge is -2.43. The molecule has 1 aliphatic carbocycles. The minimum atomic E-state index is -0.738. The first-order chi connectivity index (χ1) is 21.3. The van der Waals surface area contributed by atoms with E-state index >= 15 is 0 Å². The van der Waals surface area contributed by atoms with Gasteiger partial charge in [0, 0.05) is 71.5 Å². The number of hydrogen-bond donors (Lipinski definition) is 2. The van der Waals surface area contributed by atoms with Gasteiger partial charge in [0.25, 0.3) is 0 Å². The largest absolute Gasteiger partial charge is 0.352 e. The Morgan fingerprint density at radius 1 is 1.00 bits per heavy atom. The van der Waals surface area contributed by atoms with Gasteiger partial charge in [-0.2, -0.15) is 0 Å². The van der Waals surface area contributed by atoms with Crippen LogP contribution in [-0.4, -0.2) is 68.5 Å². The number of anilines is 1. The van der Waals surface area contributed by atoms with Crippen molar-refractivity contribution in [2.45, 2.75) is 38.4 Å². The molecule has 0 radical (unpaired) electrons. The van der Waals surface area contributed by atoms with Crippen LogP contribution in [0.1, 0.15) is 34.3 Å². The highest BCUT2D eigenvalue weighted by molar-refractivity contribution is 9.10. The summed E-state index contributed by atoms with van der Waals surface area (Å²) in [5.41, 5.74) is 5.00. The number of hydrogen-bond acceptors (Lipinski definition) is 5. The zero-order chi connectivity index (χ0) is 30.8. The fourth-order valence-corrected chi connectivity index (χ4v) is 6.77. The van der Waals surface area contributed by atoms with Crippen molar-refractivity contribution in [2.75, 3.05) is 31.5 Å². The Bertz CT molecular complexity index is 1630. The molecule has 0 bridgehead atoms. The fraction of sp³-hybridized carbons (Fsp3) is 0.312. The molecule has 2 N–H and O–H groups in total. The maximum Gasteiger partial charge on any atom is 0.322 e. The van der Waals surface area contributed by atoms with E-state index in [2.05, 4.69) is 48.6 Å². The number of carbonyl (C=O) groups excluding carboxylic acids is 2. The number of aromatic nitrogens is 3. The third-order valence-electron chi connectivity index (χ3n) is 8.30. The summed E-state index contributed by atoms with van der Waals surface area (Å²) in [6, 6.07) is 13.8. The monoisotopic (exact) mass is 695 g/mol. The number of benzene rings is 2. The van der Waals surface area contributed by atoms with E-state index in [0.717, 1.165) is 45.5 Å². The van der Waals surface area contributed by atoms with Crippen LogP contribution in [0.25, 0.3) is 0 Å². The summed E-state index contributed by atoms with van der Waals surface area (Å²) < 4.78 is 2.90. The molecule has 12 heteroatoms. The standard InChI is InChI=1S/C32H32BrCl2N7O2/c1-20-36-10-12-40(20)13-11-37-31(43)28-19-41(14-15-42(28)32(44)39-26-7-4-24(34)5-8-26)30-27-9-6-25(35)17-21(27)2-3-22-16-23(33)18-38-29(22)30/h4-10,12,16-18,28,30H,2-3,11,13-15,19H2,1H3,(H,37,43)(H,39,44)/t28-,30?/m1/s1. The number of rotatable bonds is 6. The Hall–Kier alpha value is -3.44. The van der Waals surface area contributed by atoms with Gasteiger partial charge in [-0.25, -0.2) is 9.78 Å². The second kappa shape index (κ2) is 13.3. The molecule has 1 saturated heterocycles. The van der Waals surface area contributed by atoms with Gasteiger partial charge >= 0.3 is 6.03 Å². The summed E-state index contributed by atoms with van der Waals surface area (Å²) in [7, 11) is 0. The maximum absolute atomic E-state index is 13.9. The topological polar surface area (TPSA) is 95.4 Å². The molecule has 2 atom stereocenters. The van der Waals surface area contributed by atoms with E-state index < -0.39 is 6.04 Å². The van der Waals surface area contributed by atoms with E-state index in [0.29, 0.717) is 48.5 Å². The number of urea groups is 1. The van der Waals surface area contributed by atoms with Crippen molar-refractivity contribution in [1.29, 1.82) is 0 Å². The van der Waals surface area contributed by atoms with Crippen LogP contribution in [0.15, 0.2) is 71.6 Å². The van der Waals surface area contributed by atoms with Crippen molar-refractivity contribution in [3.8, 4) is 0 Å². The average molecular weight is 697 g/mol. The molecule has 1 aliphatic heterocycles. The smallest absolute Gasteiger partial charge is 0.322 e. The lowest BCUT2D eigenvalue weighted by molar-refractivity contribution is -0.127. The van der Waals surface area contributed by atoms with Gasteiger partial charge in [-0.05, 0) is 94.9 Å². The molecular weight excluding hydrogens is 665 g/mol. The van der Waals surface area contributed by atoms with Gasteiger partial charge in [0.1, 0.15) is 11.9 Å². The van der Waals surface area contributed by atoms with E-state index in [-0.39, 0.29) is 18.0 Å². The molecular formula is C32H32BrCl2N7O2. The predicted molar refractivity (Wildman–Crippen MR) is 175 cm³/mol. The van der Waals surface area contributed by atoms with Crippen LogP contribution in [0.5, 0.6) is 0 Å². The Labute approximate surface area is 274 Å². The second-order valence-electron chi connectivity index (χ2n) is 11.0. The normalized spacial score (nSPS) is 18.2. The van der Waals surface area contributed by atoms with Crippen LogP contribution in [0.4, 0.5) is 10.5 Å². The Morgan fingerprint density at radius 3 is 2.55 bits per heavy atom. The van der Waals surface area contributed by atoms with Crippen LogP contribution < -0.4 is 10.6 Å². The number of aryl methyl sites for hydroxylation is 3. The summed E-state index contributed by atoms with van der Waals surface area (Å²) in [4.78, 5) is 40.5. The molecule has 1 fully saturated rings. The van der Waals surface area contributed by atoms with Gasteiger partial charge in [-0.15, -0.1) is 0 Å². The number of amides is 3. The van der Waals surface area contributed by atoms with Crippen molar-refractivity contribution in [2.24, 2.45) is 0 Å². The van der Waals surface area contributed by atoms with E-state index in [1.165, 1.54) is 0 Å².